The first-order chi connectivity index (χ1) is 45.3. The lowest BCUT2D eigenvalue weighted by molar-refractivity contribution is -0.128. The van der Waals surface area contributed by atoms with Gasteiger partial charge in [0.2, 0.25) is 5.91 Å². The van der Waals surface area contributed by atoms with Crippen molar-refractivity contribution in [3.8, 4) is 0 Å². The molecule has 9 heterocycles. The first-order valence-electron chi connectivity index (χ1n) is 27.0. The Balaban J connectivity index is 0.000000212. The smallest absolute Gasteiger partial charge is 0.394 e. The van der Waals surface area contributed by atoms with Crippen LogP contribution in [0, 0.1) is 41.0 Å². The SMILES string of the molecule is CC1CN([C@@H]2O[C@H](COP3(=O)OP(=O)(O)OP(=O)(O)O3)[C@H](O)C2O)C(=S)NC1=O.Cc1cn([C@@H]2O[C@H](CO)[C@H](O)C2O)c(=S)[nH]c1=O.Cc1cn([C@@H]2O[C@H](COP(=O)(Cl)Cl)[C@H](O)C2O)c(=S)[nH]c1=O.Cc1cn([C@@H]2O[C@H](COP(=O)(O)OP(=O)(O)OP(=O)(O)O)[C@H](O)C2O)c(=S)[nH]c1=O. The fourth-order valence-electron chi connectivity index (χ4n) is 9.00. The Morgan fingerprint density at radius 2 is 0.899 bits per heavy atom. The Labute approximate surface area is 582 Å². The van der Waals surface area contributed by atoms with E-state index in [-0.39, 0.29) is 55.2 Å². The predicted molar refractivity (Wildman–Crippen MR) is 336 cm³/mol. The number of carbonyl (C=O) groups is 1. The number of aromatic amines is 3. The van der Waals surface area contributed by atoms with Crippen LogP contribution in [0.1, 0.15) is 42.3 Å². The number of aliphatic hydroxyl groups excluding tert-OH is 9. The molecule has 3 aromatic rings. The monoisotopic (exact) mass is 1680 g/mol. The highest BCUT2D eigenvalue weighted by Crippen LogP contribution is 2.80. The van der Waals surface area contributed by atoms with Crippen LogP contribution in [0.3, 0.4) is 0 Å². The van der Waals surface area contributed by atoms with Crippen molar-refractivity contribution in [2.75, 3.05) is 33.0 Å². The van der Waals surface area contributed by atoms with Gasteiger partial charge < -0.3 is 109 Å². The fraction of sp³-hybridized carbons (Fsp3) is 0.650. The second kappa shape index (κ2) is 33.7. The minimum Gasteiger partial charge on any atom is -0.394 e. The average Bonchev–Trinajstić information content (AvgIpc) is 1.79. The molecule has 9 unspecified atom stereocenters. The zero-order valence-electron chi connectivity index (χ0n) is 50.0. The molecule has 0 radical (unpaired) electrons. The lowest BCUT2D eigenvalue weighted by atomic mass is 10.1. The first kappa shape index (κ1) is 85.7. The van der Waals surface area contributed by atoms with Gasteiger partial charge in [-0.1, -0.05) is 6.92 Å². The molecule has 0 aliphatic carbocycles. The van der Waals surface area contributed by atoms with Crippen molar-refractivity contribution in [3.63, 3.8) is 0 Å². The summed E-state index contributed by atoms with van der Waals surface area (Å²) < 4.78 is 138. The Kier molecular flexibility index (Phi) is 29.2. The summed E-state index contributed by atoms with van der Waals surface area (Å²) in [6.07, 6.45) is -20.5. The molecule has 9 rings (SSSR count). The summed E-state index contributed by atoms with van der Waals surface area (Å²) in [5.74, 6) is -0.824. The van der Waals surface area contributed by atoms with Crippen LogP contribution in [0.2, 0.25) is 0 Å². The summed E-state index contributed by atoms with van der Waals surface area (Å²) in [6.45, 7) is 3.66. The van der Waals surface area contributed by atoms with E-state index in [0.717, 1.165) is 4.57 Å². The van der Waals surface area contributed by atoms with Crippen LogP contribution in [0.4, 0.5) is 0 Å². The fourth-order valence-corrected chi connectivity index (χ4v) is 18.7. The van der Waals surface area contributed by atoms with Gasteiger partial charge in [0.1, 0.15) is 73.2 Å². The number of phosphoric acid groups is 6. The molecular formula is C40H61Cl2N8O38P7S4. The van der Waals surface area contributed by atoms with Crippen LogP contribution in [0.15, 0.2) is 33.0 Å². The normalized spacial score (nSPS) is 35.2. The number of hydrogen-bond acceptors (Lipinski definition) is 36. The molecule has 19 N–H and O–H groups in total. The zero-order valence-corrected chi connectivity index (χ0v) is 61.0. The molecule has 0 spiro atoms. The molecule has 6 aliphatic heterocycles. The second-order valence-corrected chi connectivity index (χ2v) is 36.4. The van der Waals surface area contributed by atoms with E-state index < -0.39 is 182 Å². The lowest BCUT2D eigenvalue weighted by Crippen LogP contribution is -2.59. The third kappa shape index (κ3) is 22.9. The maximum Gasteiger partial charge on any atom is 0.492 e. The van der Waals surface area contributed by atoms with Gasteiger partial charge in [-0.2, -0.15) is 21.6 Å². The Bertz CT molecular complexity index is 4190. The van der Waals surface area contributed by atoms with Gasteiger partial charge in [-0.3, -0.25) is 61.4 Å². The van der Waals surface area contributed by atoms with Gasteiger partial charge in [0.05, 0.1) is 32.3 Å². The van der Waals surface area contributed by atoms with Gasteiger partial charge in [-0.25, -0.2) is 27.4 Å². The molecule has 3 aromatic heterocycles. The van der Waals surface area contributed by atoms with Crippen LogP contribution in [-0.4, -0.2) is 232 Å². The minimum absolute atomic E-state index is 0.0220. The molecule has 1 amide bonds. The van der Waals surface area contributed by atoms with Crippen LogP contribution >= 0.6 is 124 Å². The van der Waals surface area contributed by atoms with Crippen molar-refractivity contribution >= 4 is 135 Å². The van der Waals surface area contributed by atoms with E-state index in [0.29, 0.717) is 11.1 Å². The molecule has 0 saturated carbocycles. The molecule has 0 aromatic carbocycles. The Hall–Kier alpha value is -2.23. The number of aryl methyl sites for hydroxylation is 3. The molecule has 0 bridgehead atoms. The summed E-state index contributed by atoms with van der Waals surface area (Å²) in [7, 11) is -32.2. The molecule has 6 saturated heterocycles. The summed E-state index contributed by atoms with van der Waals surface area (Å²) >= 11 is 30.5. The van der Waals surface area contributed by atoms with E-state index in [4.69, 9.17) is 115 Å². The second-order valence-electron chi connectivity index (χ2n) is 21.2. The number of aliphatic hydroxyl groups is 9. The van der Waals surface area contributed by atoms with Crippen molar-refractivity contribution in [2.24, 2.45) is 5.92 Å². The third-order valence-electron chi connectivity index (χ3n) is 13.7. The average molecular weight is 1680 g/mol. The molecule has 46 nitrogen and oxygen atoms in total. The number of H-pyrrole nitrogens is 3. The van der Waals surface area contributed by atoms with Crippen molar-refractivity contribution in [3.05, 3.63) is 80.7 Å². The van der Waals surface area contributed by atoms with E-state index in [9.17, 15) is 107 Å². The van der Waals surface area contributed by atoms with Gasteiger partial charge in [0.15, 0.2) is 44.3 Å². The highest BCUT2D eigenvalue weighted by molar-refractivity contribution is 8.05. The number of halogens is 2. The standard InChI is InChI=1S/C10H13Cl2N2O6PS.C10H17N2O14P3S.C10H17N2O13P3S.C10H14N2O5S/c1-4-2-14(10(22)13-8(4)17)9-7(16)6(15)5(20-9)3-19-21(11,12)18;1-4-2-12(10(30)11-8(4)15)9-7(14)6(13)5(24-9)3-23-28(19,20)26-29(21,22)25-27(16,17)18;1-4-2-12(10(29)11-8(4)15)9-7(14)6(13)5(22-9)3-21-28(20)24-26(16,17)23-27(18,19)25-28;1-4-2-12(10(18)11-8(4)16)9-7(15)6(14)5(3-13)17-9/h2,5-7,9,15-16H,3H2,1H3,(H,13,17,22);2,5-7,9,13-14H,3H2,1H3,(H,19,20)(H,21,22)(H,11,15,30)(H2,16,17,18);4-7,9,13-14H,2-3H2,1H3,(H,16,17)(H,18,19)(H,11,15,29);2,5-7,9,13-15H,3H2,1H3,(H,11,16,18)/t2*5-,6+,7?,9-;4?,5-,6+,7?,9-;5-,6+,7?,9-/m1111/s1. The lowest BCUT2D eigenvalue weighted by Gasteiger charge is -2.37. The van der Waals surface area contributed by atoms with E-state index in [1.54, 1.807) is 20.8 Å². The number of ether oxygens (including phenoxy) is 4. The van der Waals surface area contributed by atoms with Crippen LogP contribution in [0.5, 0.6) is 0 Å². The number of carbonyl (C=O) groups excluding carboxylic acids is 1. The number of nitrogens with zero attached hydrogens (tertiary/aromatic N) is 4. The zero-order chi connectivity index (χ0) is 74.9. The molecular weight excluding hydrogens is 1620 g/mol. The van der Waals surface area contributed by atoms with E-state index in [2.05, 4.69) is 50.9 Å². The Morgan fingerprint density at radius 1 is 0.545 bits per heavy atom. The summed E-state index contributed by atoms with van der Waals surface area (Å²) in [6, 6.07) is 0. The number of hydrogen-bond donors (Lipinski definition) is 19. The first-order valence-corrected chi connectivity index (χ1v) is 41.0. The molecule has 21 atom stereocenters. The summed E-state index contributed by atoms with van der Waals surface area (Å²) in [4.78, 5) is 108. The van der Waals surface area contributed by atoms with Crippen molar-refractivity contribution < 1.29 is 166 Å². The van der Waals surface area contributed by atoms with Crippen molar-refractivity contribution in [2.45, 2.75) is 126 Å². The van der Waals surface area contributed by atoms with Gasteiger partial charge in [0.25, 0.3) is 16.7 Å². The number of rotatable bonds is 18. The number of thiocarbonyl (C=S) groups is 1. The Morgan fingerprint density at radius 3 is 1.27 bits per heavy atom. The van der Waals surface area contributed by atoms with E-state index >= 15 is 0 Å². The maximum atomic E-state index is 12.2. The van der Waals surface area contributed by atoms with Crippen molar-refractivity contribution in [1.29, 1.82) is 0 Å². The molecule has 99 heavy (non-hydrogen) atoms. The largest absolute Gasteiger partial charge is 0.492 e. The topological polar surface area (TPSA) is 679 Å². The van der Waals surface area contributed by atoms with E-state index in [1.165, 1.54) is 39.5 Å². The number of aromatic nitrogens is 6. The molecule has 6 fully saturated rings. The highest BCUT2D eigenvalue weighted by atomic mass is 35.9. The van der Waals surface area contributed by atoms with E-state index in [1.807, 2.05) is 0 Å². The van der Waals surface area contributed by atoms with Crippen molar-refractivity contribution in [1.82, 2.24) is 38.9 Å². The highest BCUT2D eigenvalue weighted by Gasteiger charge is 2.56. The van der Waals surface area contributed by atoms with Crippen LogP contribution in [0.25, 0.3) is 0 Å². The van der Waals surface area contributed by atoms with Crippen LogP contribution in [-0.2, 0) is 90.8 Å². The van der Waals surface area contributed by atoms with Gasteiger partial charge >= 0.3 is 53.0 Å². The summed E-state index contributed by atoms with van der Waals surface area (Å²) in [5.41, 5.74) is -0.215. The predicted octanol–water partition coefficient (Wildman–Crippen LogP) is -1.39. The van der Waals surface area contributed by atoms with Gasteiger partial charge in [-0.15, -0.1) is 0 Å². The number of nitrogens with one attached hydrogen (secondary N) is 4. The van der Waals surface area contributed by atoms with Gasteiger partial charge in [-0.05, 0) is 92.1 Å². The third-order valence-corrected chi connectivity index (χ3v) is 25.2. The molecule has 6 aliphatic rings. The molecule has 59 heteroatoms. The number of phosphoric ester groups is 1. The minimum atomic E-state index is -5.71. The molecule has 562 valence electrons. The quantitative estimate of drug-likeness (QED) is 0.0515. The number of amides is 1. The maximum absolute atomic E-state index is 12.2. The van der Waals surface area contributed by atoms with Gasteiger partial charge in [0, 0.05) is 41.8 Å². The van der Waals surface area contributed by atoms with Crippen LogP contribution < -0.4 is 22.0 Å². The summed E-state index contributed by atoms with van der Waals surface area (Å²) in [5, 5.41) is 91.5.